The molecule has 0 saturated carbocycles. The van der Waals surface area contributed by atoms with Crippen LogP contribution in [0.4, 0.5) is 4.79 Å². The van der Waals surface area contributed by atoms with Gasteiger partial charge in [-0.15, -0.1) is 0 Å². The molecule has 0 aliphatic carbocycles. The first kappa shape index (κ1) is 18.1. The molecule has 0 bridgehead atoms. The summed E-state index contributed by atoms with van der Waals surface area (Å²) >= 11 is 0. The second-order valence-electron chi connectivity index (χ2n) is 3.37. The molecule has 0 aromatic rings. The van der Waals surface area contributed by atoms with Gasteiger partial charge in [0.25, 0.3) is 0 Å². The van der Waals surface area contributed by atoms with Crippen molar-refractivity contribution in [2.75, 3.05) is 20.3 Å². The van der Waals surface area contributed by atoms with E-state index in [1.54, 1.807) is 6.92 Å². The fourth-order valence-electron chi connectivity index (χ4n) is 0.955. The number of carbonyl (C=O) groups excluding carboxylic acids is 1. The first-order valence-electron chi connectivity index (χ1n) is 5.31. The summed E-state index contributed by atoms with van der Waals surface area (Å²) in [4.78, 5) is 19.3. The van der Waals surface area contributed by atoms with Crippen molar-refractivity contribution in [1.82, 2.24) is 0 Å². The molecule has 0 heterocycles. The average Bonchev–Trinajstić information content (AvgIpc) is 2.31. The van der Waals surface area contributed by atoms with Crippen molar-refractivity contribution in [2.45, 2.75) is 19.3 Å². The summed E-state index contributed by atoms with van der Waals surface area (Å²) < 4.78 is 29.3. The van der Waals surface area contributed by atoms with Crippen LogP contribution in [0.15, 0.2) is 11.8 Å². The monoisotopic (exact) mass is 293 g/mol. The van der Waals surface area contributed by atoms with E-state index in [2.05, 4.69) is 13.8 Å². The second-order valence-corrected chi connectivity index (χ2v) is 4.93. The van der Waals surface area contributed by atoms with Crippen molar-refractivity contribution in [2.24, 2.45) is 5.73 Å². The Balaban J connectivity index is 3.79. The fourth-order valence-corrected chi connectivity index (χ4v) is 1.37. The van der Waals surface area contributed by atoms with Crippen LogP contribution in [0.5, 0.6) is 0 Å². The number of hydrogen-bond donors (Lipinski definition) is 2. The van der Waals surface area contributed by atoms with E-state index < -0.39 is 19.9 Å². The highest BCUT2D eigenvalue weighted by Crippen LogP contribution is 2.41. The van der Waals surface area contributed by atoms with Gasteiger partial charge in [0.1, 0.15) is 13.6 Å². The minimum atomic E-state index is -3.98. The molecule has 1 unspecified atom stereocenters. The topological polar surface area (TPSA) is 117 Å². The Morgan fingerprint density at radius 2 is 2.16 bits per heavy atom. The van der Waals surface area contributed by atoms with E-state index in [0.717, 1.165) is 7.11 Å². The third-order valence-corrected chi connectivity index (χ3v) is 2.77. The maximum Gasteiger partial charge on any atom is 0.471 e. The van der Waals surface area contributed by atoms with Crippen LogP contribution in [-0.4, -0.2) is 45.2 Å². The number of allylic oxidation sites excluding steroid dienone is 1. The molecule has 2 atom stereocenters. The Hall–Kier alpha value is -0.855. The summed E-state index contributed by atoms with van der Waals surface area (Å²) in [5.74, 6) is 0.307. The smallest absolute Gasteiger partial charge is 0.416 e. The van der Waals surface area contributed by atoms with Crippen LogP contribution in [-0.2, 0) is 23.1 Å². The van der Waals surface area contributed by atoms with Crippen LogP contribution in [0.3, 0.4) is 0 Å². The van der Waals surface area contributed by atoms with Gasteiger partial charge in [-0.1, -0.05) is 0 Å². The van der Waals surface area contributed by atoms with Crippen LogP contribution in [0.25, 0.3) is 0 Å². The van der Waals surface area contributed by atoms with Crippen LogP contribution in [0, 0.1) is 0 Å². The van der Waals surface area contributed by atoms with Gasteiger partial charge in [0.15, 0.2) is 0 Å². The van der Waals surface area contributed by atoms with Gasteiger partial charge >= 0.3 is 13.9 Å². The van der Waals surface area contributed by atoms with Gasteiger partial charge in [-0.3, -0.25) is 9.05 Å². The van der Waals surface area contributed by atoms with Gasteiger partial charge in [-0.05, 0) is 19.4 Å². The third kappa shape index (κ3) is 10.7. The molecular weight excluding hydrogens is 276 g/mol. The number of primary amides is 1. The molecule has 0 aliphatic heterocycles. The standard InChI is InChI=1S/C9H17BNO7P/c1-7(18-9(11)12)3-4-8(10)16-5-6-17-19(13,14)15-2/h3,8H,4-6H2,1-2H3,(H2,11,12)(H,13,14)/b7-3+/t8-/m1/s1. The number of amides is 1. The SMILES string of the molecule is [B][C@@H](C/C=C(\C)OC(N)=O)OCCOP(=O)(O)OC. The van der Waals surface area contributed by atoms with Crippen molar-refractivity contribution in [3.05, 3.63) is 11.8 Å². The second kappa shape index (κ2) is 9.11. The summed E-state index contributed by atoms with van der Waals surface area (Å²) in [7, 11) is 2.65. The number of hydrogen-bond acceptors (Lipinski definition) is 6. The molecule has 0 spiro atoms. The van der Waals surface area contributed by atoms with E-state index in [1.807, 2.05) is 0 Å². The molecule has 0 aromatic carbocycles. The van der Waals surface area contributed by atoms with Gasteiger partial charge in [-0.25, -0.2) is 9.36 Å². The highest BCUT2D eigenvalue weighted by Gasteiger charge is 2.17. The summed E-state index contributed by atoms with van der Waals surface area (Å²) in [6.07, 6.45) is 0.901. The highest BCUT2D eigenvalue weighted by molar-refractivity contribution is 7.47. The Morgan fingerprint density at radius 3 is 2.68 bits per heavy atom. The zero-order valence-corrected chi connectivity index (χ0v) is 11.7. The van der Waals surface area contributed by atoms with Gasteiger partial charge in [0, 0.05) is 13.1 Å². The number of ether oxygens (including phenoxy) is 2. The number of nitrogens with two attached hydrogens (primary N) is 1. The summed E-state index contributed by atoms with van der Waals surface area (Å²) in [5.41, 5.74) is 4.81. The maximum atomic E-state index is 10.9. The van der Waals surface area contributed by atoms with Crippen LogP contribution >= 0.6 is 7.82 Å². The van der Waals surface area contributed by atoms with E-state index in [9.17, 15) is 9.36 Å². The molecule has 8 nitrogen and oxygen atoms in total. The lowest BCUT2D eigenvalue weighted by atomic mass is 9.96. The van der Waals surface area contributed by atoms with E-state index in [1.165, 1.54) is 6.08 Å². The van der Waals surface area contributed by atoms with Crippen molar-refractivity contribution in [3.63, 3.8) is 0 Å². The molecule has 10 heteroatoms. The van der Waals surface area contributed by atoms with E-state index in [-0.39, 0.29) is 19.6 Å². The molecule has 19 heavy (non-hydrogen) atoms. The molecule has 108 valence electrons. The number of carbonyl (C=O) groups is 1. The molecule has 0 fully saturated rings. The van der Waals surface area contributed by atoms with Crippen LogP contribution < -0.4 is 5.73 Å². The number of phosphoric ester groups is 1. The van der Waals surface area contributed by atoms with Crippen molar-refractivity contribution in [3.8, 4) is 0 Å². The predicted octanol–water partition coefficient (Wildman–Crippen LogP) is 0.650. The van der Waals surface area contributed by atoms with Crippen LogP contribution in [0.1, 0.15) is 13.3 Å². The normalized spacial score (nSPS) is 16.7. The molecule has 0 rings (SSSR count). The van der Waals surface area contributed by atoms with Crippen LogP contribution in [0.2, 0.25) is 0 Å². The molecule has 1 amide bonds. The lowest BCUT2D eigenvalue weighted by molar-refractivity contribution is 0.0652. The summed E-state index contributed by atoms with van der Waals surface area (Å²) in [5, 5.41) is 0. The van der Waals surface area contributed by atoms with Gasteiger partial charge < -0.3 is 20.1 Å². The summed E-state index contributed by atoms with van der Waals surface area (Å²) in [6, 6.07) is -0.671. The van der Waals surface area contributed by atoms with Crippen molar-refractivity contribution < 1.29 is 32.8 Å². The Bertz CT molecular complexity index is 362. The Kier molecular flexibility index (Phi) is 8.70. The van der Waals surface area contributed by atoms with E-state index >= 15 is 0 Å². The lowest BCUT2D eigenvalue weighted by Gasteiger charge is -2.13. The predicted molar refractivity (Wildman–Crippen MR) is 67.3 cm³/mol. The zero-order chi connectivity index (χ0) is 14.9. The minimum Gasteiger partial charge on any atom is -0.416 e. The van der Waals surface area contributed by atoms with E-state index in [0.29, 0.717) is 5.76 Å². The third-order valence-electron chi connectivity index (χ3n) is 1.80. The number of rotatable bonds is 9. The molecule has 2 radical (unpaired) electrons. The average molecular weight is 293 g/mol. The Morgan fingerprint density at radius 1 is 1.53 bits per heavy atom. The highest BCUT2D eigenvalue weighted by atomic mass is 31.2. The zero-order valence-electron chi connectivity index (χ0n) is 10.8. The van der Waals surface area contributed by atoms with Crippen molar-refractivity contribution in [1.29, 1.82) is 0 Å². The lowest BCUT2D eigenvalue weighted by Crippen LogP contribution is -2.16. The molecular formula is C9H17BNO7P. The Labute approximate surface area is 112 Å². The van der Waals surface area contributed by atoms with Crippen molar-refractivity contribution >= 4 is 21.8 Å². The van der Waals surface area contributed by atoms with Gasteiger partial charge in [0.2, 0.25) is 0 Å². The molecule has 0 saturated heterocycles. The fraction of sp³-hybridized carbons (Fsp3) is 0.667. The minimum absolute atomic E-state index is 0.0125. The molecule has 3 N–H and O–H groups in total. The molecule has 0 aliphatic rings. The first-order chi connectivity index (χ1) is 8.76. The number of phosphoric acid groups is 1. The van der Waals surface area contributed by atoms with Gasteiger partial charge in [0.05, 0.1) is 13.2 Å². The molecule has 0 aromatic heterocycles. The first-order valence-corrected chi connectivity index (χ1v) is 6.80. The van der Waals surface area contributed by atoms with Gasteiger partial charge in [-0.2, -0.15) is 0 Å². The summed E-state index contributed by atoms with van der Waals surface area (Å²) in [6.45, 7) is 1.41. The quantitative estimate of drug-likeness (QED) is 0.277. The largest absolute Gasteiger partial charge is 0.471 e. The maximum absolute atomic E-state index is 10.9. The van der Waals surface area contributed by atoms with E-state index in [4.69, 9.17) is 23.2 Å².